The number of rotatable bonds is 8. The Hall–Kier alpha value is -1.86. The minimum atomic E-state index is -0.313. The molecule has 2 heterocycles. The predicted octanol–water partition coefficient (Wildman–Crippen LogP) is 3.35. The lowest BCUT2D eigenvalue weighted by molar-refractivity contribution is -0.146. The summed E-state index contributed by atoms with van der Waals surface area (Å²) in [4.78, 5) is 28.9. The average molecular weight is 391 g/mol. The van der Waals surface area contributed by atoms with Crippen molar-refractivity contribution in [3.63, 3.8) is 0 Å². The summed E-state index contributed by atoms with van der Waals surface area (Å²) in [6.07, 6.45) is 2.96. The first-order valence-electron chi connectivity index (χ1n) is 9.46. The molecule has 2 aliphatic heterocycles. The van der Waals surface area contributed by atoms with Gasteiger partial charge >= 0.3 is 5.97 Å². The first-order valence-corrected chi connectivity index (χ1v) is 10.3. The molecule has 2 saturated heterocycles. The van der Waals surface area contributed by atoms with Crippen LogP contribution >= 0.6 is 11.8 Å². The smallest absolute Gasteiger partial charge is 0.309 e. The van der Waals surface area contributed by atoms with Crippen molar-refractivity contribution in [3.8, 4) is 0 Å². The highest BCUT2D eigenvalue weighted by Gasteiger charge is 2.40. The molecule has 0 bridgehead atoms. The SMILES string of the molecule is CCCCOCC1CC(CC2SC(=Nc3ccc(C)cc3)NC2=O)C(=O)O1. The summed E-state index contributed by atoms with van der Waals surface area (Å²) >= 11 is 1.38. The Labute approximate surface area is 164 Å². The summed E-state index contributed by atoms with van der Waals surface area (Å²) in [6.45, 7) is 5.25. The highest BCUT2D eigenvalue weighted by atomic mass is 32.2. The monoisotopic (exact) mass is 390 g/mol. The maximum Gasteiger partial charge on any atom is 0.309 e. The van der Waals surface area contributed by atoms with Crippen LogP contribution in [0.5, 0.6) is 0 Å². The van der Waals surface area contributed by atoms with E-state index in [9.17, 15) is 9.59 Å². The van der Waals surface area contributed by atoms with Crippen molar-refractivity contribution in [1.82, 2.24) is 5.32 Å². The Kier molecular flexibility index (Phi) is 6.90. The van der Waals surface area contributed by atoms with Gasteiger partial charge in [-0.2, -0.15) is 0 Å². The second kappa shape index (κ2) is 9.37. The van der Waals surface area contributed by atoms with Gasteiger partial charge in [-0.3, -0.25) is 9.59 Å². The van der Waals surface area contributed by atoms with Crippen LogP contribution in [0.1, 0.15) is 38.2 Å². The van der Waals surface area contributed by atoms with E-state index in [-0.39, 0.29) is 29.1 Å². The number of nitrogens with one attached hydrogen (secondary N) is 1. The number of hydrogen-bond donors (Lipinski definition) is 1. The van der Waals surface area contributed by atoms with Crippen LogP contribution in [0, 0.1) is 12.8 Å². The van der Waals surface area contributed by atoms with Crippen LogP contribution in [-0.2, 0) is 19.1 Å². The van der Waals surface area contributed by atoms with Crippen LogP contribution in [0.25, 0.3) is 0 Å². The van der Waals surface area contributed by atoms with Gasteiger partial charge in [0.15, 0.2) is 5.17 Å². The van der Waals surface area contributed by atoms with E-state index in [4.69, 9.17) is 9.47 Å². The molecule has 7 heteroatoms. The van der Waals surface area contributed by atoms with Crippen LogP contribution < -0.4 is 5.32 Å². The van der Waals surface area contributed by atoms with E-state index in [2.05, 4.69) is 17.2 Å². The number of nitrogens with zero attached hydrogens (tertiary/aromatic N) is 1. The molecular weight excluding hydrogens is 364 g/mol. The third-order valence-electron chi connectivity index (χ3n) is 4.65. The Morgan fingerprint density at radius 1 is 1.30 bits per heavy atom. The number of aryl methyl sites for hydroxylation is 1. The lowest BCUT2D eigenvalue weighted by Crippen LogP contribution is -2.27. The lowest BCUT2D eigenvalue weighted by atomic mass is 9.99. The number of amides is 1. The first-order chi connectivity index (χ1) is 13.0. The highest BCUT2D eigenvalue weighted by Crippen LogP contribution is 2.33. The molecule has 0 saturated carbocycles. The van der Waals surface area contributed by atoms with Gasteiger partial charge in [-0.15, -0.1) is 0 Å². The number of carbonyl (C=O) groups excluding carboxylic acids is 2. The van der Waals surface area contributed by atoms with Gasteiger partial charge in [0.25, 0.3) is 0 Å². The number of thioether (sulfide) groups is 1. The van der Waals surface area contributed by atoms with Gasteiger partial charge in [-0.05, 0) is 38.3 Å². The average Bonchev–Trinajstić information content (AvgIpc) is 3.16. The summed E-state index contributed by atoms with van der Waals surface area (Å²) in [6, 6.07) is 7.80. The minimum absolute atomic E-state index is 0.0960. The zero-order chi connectivity index (χ0) is 19.2. The fraction of sp³-hybridized carbons (Fsp3) is 0.550. The van der Waals surface area contributed by atoms with Crippen LogP contribution in [0.4, 0.5) is 5.69 Å². The van der Waals surface area contributed by atoms with Crippen molar-refractivity contribution >= 4 is 34.5 Å². The number of hydrogen-bond acceptors (Lipinski definition) is 6. The van der Waals surface area contributed by atoms with Gasteiger partial charge in [-0.1, -0.05) is 42.8 Å². The summed E-state index contributed by atoms with van der Waals surface area (Å²) < 4.78 is 11.0. The van der Waals surface area contributed by atoms with Gasteiger partial charge in [0.2, 0.25) is 5.91 Å². The minimum Gasteiger partial charge on any atom is -0.460 e. The van der Waals surface area contributed by atoms with Crippen molar-refractivity contribution in [1.29, 1.82) is 0 Å². The van der Waals surface area contributed by atoms with Crippen molar-refractivity contribution in [2.75, 3.05) is 13.2 Å². The largest absolute Gasteiger partial charge is 0.460 e. The highest BCUT2D eigenvalue weighted by molar-refractivity contribution is 8.15. The fourth-order valence-corrected chi connectivity index (χ4v) is 4.17. The number of ether oxygens (including phenoxy) is 2. The zero-order valence-electron chi connectivity index (χ0n) is 15.8. The molecular formula is C20H26N2O4S. The maximum atomic E-state index is 12.3. The Morgan fingerprint density at radius 2 is 2.07 bits per heavy atom. The van der Waals surface area contributed by atoms with Crippen molar-refractivity contribution in [2.24, 2.45) is 10.9 Å². The van der Waals surface area contributed by atoms with E-state index < -0.39 is 0 Å². The van der Waals surface area contributed by atoms with E-state index in [1.54, 1.807) is 0 Å². The number of carbonyl (C=O) groups is 2. The molecule has 3 unspecified atom stereocenters. The second-order valence-corrected chi connectivity index (χ2v) is 8.20. The Bertz CT molecular complexity index is 704. The zero-order valence-corrected chi connectivity index (χ0v) is 16.6. The van der Waals surface area contributed by atoms with Gasteiger partial charge in [-0.25, -0.2) is 4.99 Å². The molecule has 146 valence electrons. The van der Waals surface area contributed by atoms with E-state index in [0.717, 1.165) is 24.1 Å². The number of aliphatic imine (C=N–C) groups is 1. The molecule has 3 rings (SSSR count). The summed E-state index contributed by atoms with van der Waals surface area (Å²) in [5.74, 6) is -0.579. The molecule has 1 amide bonds. The predicted molar refractivity (Wildman–Crippen MR) is 106 cm³/mol. The maximum absolute atomic E-state index is 12.3. The molecule has 1 aromatic rings. The normalized spacial score (nSPS) is 26.4. The van der Waals surface area contributed by atoms with Gasteiger partial charge in [0.05, 0.1) is 23.5 Å². The molecule has 6 nitrogen and oxygen atoms in total. The number of esters is 1. The number of unbranched alkanes of at least 4 members (excludes halogenated alkanes) is 1. The van der Waals surface area contributed by atoms with Gasteiger partial charge in [0, 0.05) is 6.61 Å². The third-order valence-corrected chi connectivity index (χ3v) is 5.76. The number of cyclic esters (lactones) is 1. The van der Waals surface area contributed by atoms with Crippen molar-refractivity contribution < 1.29 is 19.1 Å². The molecule has 3 atom stereocenters. The van der Waals surface area contributed by atoms with E-state index >= 15 is 0 Å². The quantitative estimate of drug-likeness (QED) is 0.544. The topological polar surface area (TPSA) is 77.0 Å². The second-order valence-electron chi connectivity index (χ2n) is 7.00. The first kappa shape index (κ1) is 19.9. The molecule has 0 aliphatic carbocycles. The number of benzene rings is 1. The Balaban J connectivity index is 1.51. The van der Waals surface area contributed by atoms with E-state index in [1.807, 2.05) is 31.2 Å². The third kappa shape index (κ3) is 5.56. The molecule has 1 N–H and O–H groups in total. The molecule has 2 fully saturated rings. The lowest BCUT2D eigenvalue weighted by Gasteiger charge is -2.10. The standard InChI is InChI=1S/C20H26N2O4S/c1-3-4-9-25-12-16-10-14(19(24)26-16)11-17-18(23)22-20(27-17)21-15-7-5-13(2)6-8-15/h5-8,14,16-17H,3-4,9-12H2,1-2H3,(H,21,22,23). The molecule has 0 aromatic heterocycles. The van der Waals surface area contributed by atoms with E-state index in [1.165, 1.54) is 11.8 Å². The van der Waals surface area contributed by atoms with Gasteiger partial charge < -0.3 is 14.8 Å². The molecule has 27 heavy (non-hydrogen) atoms. The summed E-state index contributed by atoms with van der Waals surface area (Å²) in [5.41, 5.74) is 1.96. The number of amidine groups is 1. The van der Waals surface area contributed by atoms with Crippen LogP contribution in [0.3, 0.4) is 0 Å². The van der Waals surface area contributed by atoms with Crippen LogP contribution in [-0.4, -0.2) is 41.6 Å². The Morgan fingerprint density at radius 3 is 2.81 bits per heavy atom. The fourth-order valence-electron chi connectivity index (χ4n) is 3.09. The van der Waals surface area contributed by atoms with Crippen LogP contribution in [0.2, 0.25) is 0 Å². The van der Waals surface area contributed by atoms with E-state index in [0.29, 0.717) is 31.2 Å². The molecule has 2 aliphatic rings. The van der Waals surface area contributed by atoms with Crippen LogP contribution in [0.15, 0.2) is 29.3 Å². The molecule has 0 radical (unpaired) electrons. The summed E-state index contributed by atoms with van der Waals surface area (Å²) in [7, 11) is 0. The van der Waals surface area contributed by atoms with Crippen molar-refractivity contribution in [3.05, 3.63) is 29.8 Å². The molecule has 1 aromatic carbocycles. The van der Waals surface area contributed by atoms with Crippen molar-refractivity contribution in [2.45, 2.75) is 50.9 Å². The summed E-state index contributed by atoms with van der Waals surface area (Å²) in [5, 5.41) is 3.08. The van der Waals surface area contributed by atoms with Gasteiger partial charge in [0.1, 0.15) is 6.10 Å². The molecule has 0 spiro atoms.